The summed E-state index contributed by atoms with van der Waals surface area (Å²) in [7, 11) is 1.64. The van der Waals surface area contributed by atoms with E-state index in [0.717, 1.165) is 42.6 Å². The van der Waals surface area contributed by atoms with Crippen molar-refractivity contribution in [2.45, 2.75) is 26.7 Å². The summed E-state index contributed by atoms with van der Waals surface area (Å²) in [5.41, 5.74) is 1.32. The number of carbonyl (C=O) groups excluding carboxylic acids is 1. The summed E-state index contributed by atoms with van der Waals surface area (Å²) in [4.78, 5) is 18.9. The highest BCUT2D eigenvalue weighted by Gasteiger charge is 2.15. The molecule has 0 unspecified atom stereocenters. The van der Waals surface area contributed by atoms with Crippen molar-refractivity contribution in [1.82, 2.24) is 9.88 Å². The lowest BCUT2D eigenvalue weighted by Gasteiger charge is -2.21. The number of aromatic nitrogens is 1. The van der Waals surface area contributed by atoms with Crippen molar-refractivity contribution in [1.29, 1.82) is 0 Å². The molecular weight excluding hydrogens is 264 g/mol. The van der Waals surface area contributed by atoms with Crippen LogP contribution >= 0.6 is 0 Å². The van der Waals surface area contributed by atoms with Gasteiger partial charge in [0, 0.05) is 18.5 Å². The van der Waals surface area contributed by atoms with Crippen LogP contribution in [0.1, 0.15) is 37.2 Å². The van der Waals surface area contributed by atoms with Crippen LogP contribution in [0.4, 0.5) is 0 Å². The van der Waals surface area contributed by atoms with Gasteiger partial charge in [-0.2, -0.15) is 0 Å². The minimum Gasteiger partial charge on any atom is -0.497 e. The SMILES string of the molecule is CCCN(CCC)C(=O)c1ccc2cc(OC)ccc2n1. The fourth-order valence-electron chi connectivity index (χ4n) is 2.37. The normalized spacial score (nSPS) is 10.6. The molecule has 112 valence electrons. The average Bonchev–Trinajstić information content (AvgIpc) is 2.53. The highest BCUT2D eigenvalue weighted by Crippen LogP contribution is 2.20. The summed E-state index contributed by atoms with van der Waals surface area (Å²) in [6.07, 6.45) is 1.91. The Morgan fingerprint density at radius 3 is 2.48 bits per heavy atom. The number of nitrogens with zero attached hydrogens (tertiary/aromatic N) is 2. The van der Waals surface area contributed by atoms with E-state index in [1.165, 1.54) is 0 Å². The molecule has 1 aromatic carbocycles. The van der Waals surface area contributed by atoms with Crippen LogP contribution in [-0.4, -0.2) is 36.0 Å². The molecule has 0 spiro atoms. The summed E-state index contributed by atoms with van der Waals surface area (Å²) >= 11 is 0. The summed E-state index contributed by atoms with van der Waals surface area (Å²) < 4.78 is 5.20. The molecule has 0 atom stereocenters. The Morgan fingerprint density at radius 2 is 1.86 bits per heavy atom. The molecular formula is C17H22N2O2. The number of fused-ring (bicyclic) bond motifs is 1. The molecule has 0 N–H and O–H groups in total. The maximum Gasteiger partial charge on any atom is 0.272 e. The maximum atomic E-state index is 12.5. The molecule has 21 heavy (non-hydrogen) atoms. The van der Waals surface area contributed by atoms with Gasteiger partial charge in [-0.05, 0) is 37.1 Å². The van der Waals surface area contributed by atoms with Gasteiger partial charge in [0.1, 0.15) is 11.4 Å². The van der Waals surface area contributed by atoms with Gasteiger partial charge in [-0.25, -0.2) is 4.98 Å². The second kappa shape index (κ2) is 7.07. The lowest BCUT2D eigenvalue weighted by Crippen LogP contribution is -2.33. The first kappa shape index (κ1) is 15.3. The highest BCUT2D eigenvalue weighted by molar-refractivity contribution is 5.95. The zero-order valence-corrected chi connectivity index (χ0v) is 12.9. The molecule has 4 heteroatoms. The Morgan fingerprint density at radius 1 is 1.14 bits per heavy atom. The van der Waals surface area contributed by atoms with Crippen molar-refractivity contribution in [2.75, 3.05) is 20.2 Å². The molecule has 4 nitrogen and oxygen atoms in total. The average molecular weight is 286 g/mol. The number of rotatable bonds is 6. The van der Waals surface area contributed by atoms with Crippen molar-refractivity contribution in [3.8, 4) is 5.75 Å². The molecule has 2 aromatic rings. The van der Waals surface area contributed by atoms with E-state index >= 15 is 0 Å². The molecule has 0 aliphatic carbocycles. The van der Waals surface area contributed by atoms with E-state index in [4.69, 9.17) is 4.74 Å². The van der Waals surface area contributed by atoms with Gasteiger partial charge < -0.3 is 9.64 Å². The van der Waals surface area contributed by atoms with Gasteiger partial charge in [-0.3, -0.25) is 4.79 Å². The summed E-state index contributed by atoms with van der Waals surface area (Å²) in [5.74, 6) is 0.804. The molecule has 0 saturated heterocycles. The summed E-state index contributed by atoms with van der Waals surface area (Å²) in [5, 5.41) is 0.975. The van der Waals surface area contributed by atoms with E-state index < -0.39 is 0 Å². The van der Waals surface area contributed by atoms with Crippen LogP contribution < -0.4 is 4.74 Å². The van der Waals surface area contributed by atoms with Crippen LogP contribution in [0, 0.1) is 0 Å². The topological polar surface area (TPSA) is 42.4 Å². The third-order valence-corrected chi connectivity index (χ3v) is 3.39. The Bertz CT molecular complexity index is 619. The van der Waals surface area contributed by atoms with Crippen LogP contribution in [-0.2, 0) is 0 Å². The number of amides is 1. The van der Waals surface area contributed by atoms with Crippen molar-refractivity contribution in [3.05, 3.63) is 36.0 Å². The third-order valence-electron chi connectivity index (χ3n) is 3.39. The Balaban J connectivity index is 2.30. The summed E-state index contributed by atoms with van der Waals surface area (Å²) in [6.45, 7) is 5.70. The Kier molecular flexibility index (Phi) is 5.14. The first-order chi connectivity index (χ1) is 10.2. The molecule has 2 rings (SSSR count). The zero-order chi connectivity index (χ0) is 15.2. The smallest absolute Gasteiger partial charge is 0.272 e. The van der Waals surface area contributed by atoms with E-state index in [2.05, 4.69) is 18.8 Å². The van der Waals surface area contributed by atoms with Gasteiger partial charge in [0.2, 0.25) is 0 Å². The monoisotopic (exact) mass is 286 g/mol. The van der Waals surface area contributed by atoms with Gasteiger partial charge in [-0.15, -0.1) is 0 Å². The second-order valence-corrected chi connectivity index (χ2v) is 5.05. The van der Waals surface area contributed by atoms with Crippen molar-refractivity contribution in [2.24, 2.45) is 0 Å². The highest BCUT2D eigenvalue weighted by atomic mass is 16.5. The molecule has 1 aromatic heterocycles. The maximum absolute atomic E-state index is 12.5. The molecule has 0 aliphatic heterocycles. The predicted octanol–water partition coefficient (Wildman–Crippen LogP) is 3.51. The van der Waals surface area contributed by atoms with Crippen molar-refractivity contribution in [3.63, 3.8) is 0 Å². The van der Waals surface area contributed by atoms with E-state index in [0.29, 0.717) is 5.69 Å². The van der Waals surface area contributed by atoms with Gasteiger partial charge in [-0.1, -0.05) is 19.9 Å². The number of hydrogen-bond donors (Lipinski definition) is 0. The van der Waals surface area contributed by atoms with E-state index in [9.17, 15) is 4.79 Å². The van der Waals surface area contributed by atoms with Gasteiger partial charge in [0.05, 0.1) is 12.6 Å². The molecule has 0 bridgehead atoms. The minimum atomic E-state index is 0.0106. The standard InChI is InChI=1S/C17H22N2O2/c1-4-10-19(11-5-2)17(20)16-8-6-13-12-14(21-3)7-9-15(13)18-16/h6-9,12H,4-5,10-11H2,1-3H3. The van der Waals surface area contributed by atoms with Crippen LogP contribution in [0.3, 0.4) is 0 Å². The Hall–Kier alpha value is -2.10. The van der Waals surface area contributed by atoms with Crippen molar-refractivity contribution < 1.29 is 9.53 Å². The van der Waals surface area contributed by atoms with E-state index in [1.54, 1.807) is 13.2 Å². The largest absolute Gasteiger partial charge is 0.497 e. The first-order valence-electron chi connectivity index (χ1n) is 7.43. The number of hydrogen-bond acceptors (Lipinski definition) is 3. The van der Waals surface area contributed by atoms with Gasteiger partial charge in [0.15, 0.2) is 0 Å². The van der Waals surface area contributed by atoms with Crippen LogP contribution in [0.5, 0.6) is 5.75 Å². The first-order valence-corrected chi connectivity index (χ1v) is 7.43. The van der Waals surface area contributed by atoms with E-state index in [-0.39, 0.29) is 5.91 Å². The fraction of sp³-hybridized carbons (Fsp3) is 0.412. The van der Waals surface area contributed by atoms with Gasteiger partial charge >= 0.3 is 0 Å². The predicted molar refractivity (Wildman–Crippen MR) is 84.8 cm³/mol. The summed E-state index contributed by atoms with van der Waals surface area (Å²) in [6, 6.07) is 9.39. The zero-order valence-electron chi connectivity index (χ0n) is 12.9. The number of ether oxygens (including phenoxy) is 1. The fourth-order valence-corrected chi connectivity index (χ4v) is 2.37. The number of benzene rings is 1. The molecule has 1 amide bonds. The molecule has 1 heterocycles. The lowest BCUT2D eigenvalue weighted by atomic mass is 10.2. The van der Waals surface area contributed by atoms with Crippen LogP contribution in [0.15, 0.2) is 30.3 Å². The Labute approximate surface area is 125 Å². The molecule has 0 fully saturated rings. The minimum absolute atomic E-state index is 0.0106. The lowest BCUT2D eigenvalue weighted by molar-refractivity contribution is 0.0750. The van der Waals surface area contributed by atoms with E-state index in [1.807, 2.05) is 29.2 Å². The second-order valence-electron chi connectivity index (χ2n) is 5.05. The number of pyridine rings is 1. The molecule has 0 radical (unpaired) electrons. The van der Waals surface area contributed by atoms with Crippen LogP contribution in [0.25, 0.3) is 10.9 Å². The molecule has 0 saturated carbocycles. The van der Waals surface area contributed by atoms with Crippen LogP contribution in [0.2, 0.25) is 0 Å². The quantitative estimate of drug-likeness (QED) is 0.816. The third kappa shape index (κ3) is 3.51. The van der Waals surface area contributed by atoms with Gasteiger partial charge in [0.25, 0.3) is 5.91 Å². The molecule has 0 aliphatic rings. The van der Waals surface area contributed by atoms with Crippen molar-refractivity contribution >= 4 is 16.8 Å². The number of methoxy groups -OCH3 is 1. The number of carbonyl (C=O) groups is 1.